The lowest BCUT2D eigenvalue weighted by Crippen LogP contribution is -2.41. The maximum absolute atomic E-state index is 4.85. The predicted molar refractivity (Wildman–Crippen MR) is 93.8 cm³/mol. The molecule has 0 atom stereocenters. The third-order valence-corrected chi connectivity index (χ3v) is 4.78. The van der Waals surface area contributed by atoms with Crippen molar-refractivity contribution in [3.63, 3.8) is 0 Å². The first-order chi connectivity index (χ1) is 9.81. The van der Waals surface area contributed by atoms with E-state index in [1.54, 1.807) is 6.26 Å². The predicted octanol–water partition coefficient (Wildman–Crippen LogP) is 3.02. The van der Waals surface area contributed by atoms with E-state index in [1.807, 2.05) is 13.1 Å². The first-order valence-corrected chi connectivity index (χ1v) is 7.66. The van der Waals surface area contributed by atoms with E-state index in [0.29, 0.717) is 12.0 Å². The van der Waals surface area contributed by atoms with Crippen molar-refractivity contribution in [3.05, 3.63) is 18.0 Å². The van der Waals surface area contributed by atoms with Gasteiger partial charge in [-0.15, -0.1) is 24.0 Å². The largest absolute Gasteiger partial charge is 0.364 e. The lowest BCUT2D eigenvalue weighted by atomic mass is 9.73. The van der Waals surface area contributed by atoms with E-state index < -0.39 is 0 Å². The zero-order valence-electron chi connectivity index (χ0n) is 12.7. The van der Waals surface area contributed by atoms with Crippen LogP contribution in [0.3, 0.4) is 0 Å². The molecule has 1 saturated heterocycles. The fraction of sp³-hybridized carbons (Fsp3) is 0.733. The summed E-state index contributed by atoms with van der Waals surface area (Å²) in [5.74, 6) is 0.996. The number of guanidine groups is 1. The molecule has 5 nitrogen and oxygen atoms in total. The van der Waals surface area contributed by atoms with Crippen molar-refractivity contribution in [2.24, 2.45) is 10.4 Å². The molecule has 0 bridgehead atoms. The van der Waals surface area contributed by atoms with Gasteiger partial charge in [-0.2, -0.15) is 0 Å². The average Bonchev–Trinajstić information content (AvgIpc) is 3.12. The molecule has 1 aromatic rings. The Morgan fingerprint density at radius 2 is 2.19 bits per heavy atom. The number of rotatable bonds is 2. The lowest BCUT2D eigenvalue weighted by Gasteiger charge is -2.33. The fourth-order valence-corrected chi connectivity index (χ4v) is 3.66. The Bertz CT molecular complexity index is 454. The quantitative estimate of drug-likeness (QED) is 0.468. The Balaban J connectivity index is 0.00000161. The minimum absolute atomic E-state index is 0. The molecule has 0 unspecified atom stereocenters. The number of likely N-dealkylation sites (tertiary alicyclic amines) is 1. The first kappa shape index (κ1) is 16.6. The van der Waals surface area contributed by atoms with Crippen LogP contribution in [-0.2, 0) is 6.54 Å². The Morgan fingerprint density at radius 1 is 1.38 bits per heavy atom. The molecule has 2 fully saturated rings. The highest BCUT2D eigenvalue weighted by molar-refractivity contribution is 14.0. The van der Waals surface area contributed by atoms with Crippen LogP contribution in [-0.4, -0.2) is 36.2 Å². The van der Waals surface area contributed by atoms with Gasteiger partial charge in [0.25, 0.3) is 0 Å². The fourth-order valence-electron chi connectivity index (χ4n) is 3.66. The van der Waals surface area contributed by atoms with Gasteiger partial charge in [0.1, 0.15) is 12.0 Å². The molecule has 2 aliphatic rings. The van der Waals surface area contributed by atoms with Crippen molar-refractivity contribution < 1.29 is 4.52 Å². The molecule has 3 rings (SSSR count). The van der Waals surface area contributed by atoms with E-state index in [0.717, 1.165) is 24.7 Å². The topological polar surface area (TPSA) is 53.7 Å². The molecule has 0 amide bonds. The number of nitrogens with one attached hydrogen (secondary N) is 1. The number of nitrogens with zero attached hydrogens (tertiary/aromatic N) is 3. The van der Waals surface area contributed by atoms with Crippen LogP contribution in [0.15, 0.2) is 21.8 Å². The van der Waals surface area contributed by atoms with Gasteiger partial charge in [-0.05, 0) is 24.7 Å². The Labute approximate surface area is 143 Å². The number of halogens is 1. The summed E-state index contributed by atoms with van der Waals surface area (Å²) in [6.07, 6.45) is 9.93. The van der Waals surface area contributed by atoms with Crippen molar-refractivity contribution in [1.82, 2.24) is 15.4 Å². The molecule has 118 valence electrons. The molecular formula is C15H25IN4O. The van der Waals surface area contributed by atoms with Gasteiger partial charge in [0, 0.05) is 26.2 Å². The van der Waals surface area contributed by atoms with Gasteiger partial charge < -0.3 is 14.7 Å². The third-order valence-electron chi connectivity index (χ3n) is 4.78. The van der Waals surface area contributed by atoms with Crippen LogP contribution in [0, 0.1) is 5.41 Å². The maximum atomic E-state index is 4.85. The highest BCUT2D eigenvalue weighted by atomic mass is 127. The van der Waals surface area contributed by atoms with Crippen LogP contribution in [0.2, 0.25) is 0 Å². The normalized spacial score (nSPS) is 21.4. The van der Waals surface area contributed by atoms with E-state index >= 15 is 0 Å². The van der Waals surface area contributed by atoms with Gasteiger partial charge in [-0.1, -0.05) is 24.4 Å². The molecule has 1 spiro atoms. The van der Waals surface area contributed by atoms with Crippen molar-refractivity contribution in [2.75, 3.05) is 20.1 Å². The maximum Gasteiger partial charge on any atom is 0.193 e. The molecule has 1 saturated carbocycles. The van der Waals surface area contributed by atoms with E-state index in [1.165, 1.54) is 38.5 Å². The van der Waals surface area contributed by atoms with E-state index in [9.17, 15) is 0 Å². The van der Waals surface area contributed by atoms with Crippen LogP contribution in [0.25, 0.3) is 0 Å². The van der Waals surface area contributed by atoms with E-state index in [4.69, 9.17) is 4.52 Å². The van der Waals surface area contributed by atoms with Gasteiger partial charge in [0.2, 0.25) is 0 Å². The van der Waals surface area contributed by atoms with Crippen molar-refractivity contribution >= 4 is 29.9 Å². The number of hydrogen-bond donors (Lipinski definition) is 1. The van der Waals surface area contributed by atoms with Gasteiger partial charge in [0.15, 0.2) is 5.96 Å². The van der Waals surface area contributed by atoms with Gasteiger partial charge in [0.05, 0.1) is 6.54 Å². The van der Waals surface area contributed by atoms with Crippen molar-refractivity contribution in [2.45, 2.75) is 45.1 Å². The second-order valence-electron chi connectivity index (χ2n) is 6.12. The SMILES string of the molecule is CN=C(NCc1ccon1)N1CCC2(CCCCC2)C1.I. The zero-order chi connectivity index (χ0) is 13.8. The summed E-state index contributed by atoms with van der Waals surface area (Å²) in [6, 6.07) is 1.88. The molecule has 1 N–H and O–H groups in total. The van der Waals surface area contributed by atoms with Crippen molar-refractivity contribution in [1.29, 1.82) is 0 Å². The zero-order valence-corrected chi connectivity index (χ0v) is 15.0. The molecule has 6 heteroatoms. The summed E-state index contributed by atoms with van der Waals surface area (Å²) < 4.78 is 4.85. The van der Waals surface area contributed by atoms with Crippen LogP contribution in [0.4, 0.5) is 0 Å². The monoisotopic (exact) mass is 404 g/mol. The van der Waals surface area contributed by atoms with Gasteiger partial charge >= 0.3 is 0 Å². The average molecular weight is 404 g/mol. The summed E-state index contributed by atoms with van der Waals surface area (Å²) in [7, 11) is 1.86. The Morgan fingerprint density at radius 3 is 2.86 bits per heavy atom. The van der Waals surface area contributed by atoms with Crippen LogP contribution >= 0.6 is 24.0 Å². The van der Waals surface area contributed by atoms with Crippen LogP contribution < -0.4 is 5.32 Å². The first-order valence-electron chi connectivity index (χ1n) is 7.66. The highest BCUT2D eigenvalue weighted by Gasteiger charge is 2.39. The number of aromatic nitrogens is 1. The molecule has 1 aliphatic carbocycles. The third kappa shape index (κ3) is 3.90. The standard InChI is InChI=1S/C15H24N4O.HI/c1-16-14(17-11-13-5-10-20-18-13)19-9-8-15(12-19)6-3-2-4-7-15;/h5,10H,2-4,6-9,11-12H2,1H3,(H,16,17);1H. The molecule has 0 aromatic carbocycles. The minimum Gasteiger partial charge on any atom is -0.364 e. The number of hydrogen-bond acceptors (Lipinski definition) is 3. The second kappa shape index (κ2) is 7.47. The van der Waals surface area contributed by atoms with Gasteiger partial charge in [-0.3, -0.25) is 4.99 Å². The highest BCUT2D eigenvalue weighted by Crippen LogP contribution is 2.43. The molecular weight excluding hydrogens is 379 g/mol. The summed E-state index contributed by atoms with van der Waals surface area (Å²) in [5.41, 5.74) is 1.47. The molecule has 1 aliphatic heterocycles. The second-order valence-corrected chi connectivity index (χ2v) is 6.12. The summed E-state index contributed by atoms with van der Waals surface area (Å²) in [5, 5.41) is 7.31. The minimum atomic E-state index is 0. The summed E-state index contributed by atoms with van der Waals surface area (Å²) >= 11 is 0. The van der Waals surface area contributed by atoms with E-state index in [-0.39, 0.29) is 24.0 Å². The summed E-state index contributed by atoms with van der Waals surface area (Å²) in [6.45, 7) is 2.96. The lowest BCUT2D eigenvalue weighted by molar-refractivity contribution is 0.203. The Kier molecular flexibility index (Phi) is 5.89. The van der Waals surface area contributed by atoms with E-state index in [2.05, 4.69) is 20.4 Å². The van der Waals surface area contributed by atoms with Crippen LogP contribution in [0.5, 0.6) is 0 Å². The molecule has 2 heterocycles. The van der Waals surface area contributed by atoms with Crippen LogP contribution in [0.1, 0.15) is 44.2 Å². The van der Waals surface area contributed by atoms with Gasteiger partial charge in [-0.25, -0.2) is 0 Å². The molecule has 21 heavy (non-hydrogen) atoms. The summed E-state index contributed by atoms with van der Waals surface area (Å²) in [4.78, 5) is 6.83. The molecule has 1 aromatic heterocycles. The smallest absolute Gasteiger partial charge is 0.193 e. The molecule has 0 radical (unpaired) electrons. The number of aliphatic imine (C=N–C) groups is 1. The Hall–Kier alpha value is -0.790. The van der Waals surface area contributed by atoms with Crippen molar-refractivity contribution in [3.8, 4) is 0 Å².